The Morgan fingerprint density at radius 1 is 1.33 bits per heavy atom. The summed E-state index contributed by atoms with van der Waals surface area (Å²) in [5.74, 6) is -0.141. The third-order valence-corrected chi connectivity index (χ3v) is 1.80. The lowest BCUT2D eigenvalue weighted by atomic mass is 10.1. The van der Waals surface area contributed by atoms with Crippen molar-refractivity contribution in [3.05, 3.63) is 11.0 Å². The number of aliphatic imine (C=N–C) groups is 1. The van der Waals surface area contributed by atoms with Crippen LogP contribution in [0, 0.1) is 0 Å². The molecule has 0 fully saturated rings. The van der Waals surface area contributed by atoms with Gasteiger partial charge in [-0.3, -0.25) is 0 Å². The summed E-state index contributed by atoms with van der Waals surface area (Å²) in [6, 6.07) is 0. The average Bonchev–Trinajstić information content (AvgIpc) is 2.17. The average molecular weight is 238 g/mol. The highest BCUT2D eigenvalue weighted by Gasteiger charge is 2.21. The van der Waals surface area contributed by atoms with E-state index in [0.717, 1.165) is 0 Å². The second-order valence-corrected chi connectivity index (χ2v) is 3.60. The molecule has 0 saturated heterocycles. The number of rotatable bonds is 4. The van der Waals surface area contributed by atoms with E-state index < -0.39 is 5.54 Å². The predicted molar refractivity (Wildman–Crippen MR) is 58.6 cm³/mol. The van der Waals surface area contributed by atoms with Crippen molar-refractivity contribution in [2.45, 2.75) is 12.5 Å². The zero-order valence-corrected chi connectivity index (χ0v) is 9.12. The molecule has 0 spiro atoms. The molecule has 9 N–H and O–H groups in total. The maximum absolute atomic E-state index is 8.93. The van der Waals surface area contributed by atoms with E-state index in [0.29, 0.717) is 0 Å². The van der Waals surface area contributed by atoms with Gasteiger partial charge in [0.15, 0.2) is 5.96 Å². The van der Waals surface area contributed by atoms with Crippen LogP contribution >= 0.6 is 11.6 Å². The Hall–Kier alpha value is -1.18. The Balaban J connectivity index is 4.64. The molecular weight excluding hydrogens is 222 g/mol. The summed E-state index contributed by atoms with van der Waals surface area (Å²) in [6.07, 6.45) is 0. The Morgan fingerprint density at radius 3 is 2.13 bits per heavy atom. The Bertz CT molecular complexity index is 271. The minimum atomic E-state index is -1.07. The van der Waals surface area contributed by atoms with Gasteiger partial charge in [0.05, 0.1) is 13.2 Å². The molecule has 8 heteroatoms. The van der Waals surface area contributed by atoms with Gasteiger partial charge in [0.2, 0.25) is 0 Å². The molecule has 0 amide bonds. The van der Waals surface area contributed by atoms with Gasteiger partial charge in [-0.05, 0) is 6.92 Å². The lowest BCUT2D eigenvalue weighted by Crippen LogP contribution is -2.41. The van der Waals surface area contributed by atoms with Crippen molar-refractivity contribution in [1.82, 2.24) is 5.32 Å². The summed E-state index contributed by atoms with van der Waals surface area (Å²) in [5, 5.41) is 20.1. The number of nitrogens with one attached hydrogen (secondary N) is 1. The van der Waals surface area contributed by atoms with E-state index >= 15 is 0 Å². The molecule has 0 aromatic carbocycles. The van der Waals surface area contributed by atoms with E-state index in [-0.39, 0.29) is 30.2 Å². The minimum absolute atomic E-state index is 0.0452. The fourth-order valence-corrected chi connectivity index (χ4v) is 0.684. The van der Waals surface area contributed by atoms with Crippen molar-refractivity contribution in [3.8, 4) is 0 Å². The molecule has 0 aliphatic carbocycles. The SMILES string of the molecule is CC(CO)(CO)N=C(N)N/C(N)=C(\N)Cl. The molecule has 0 rings (SSSR count). The van der Waals surface area contributed by atoms with Crippen LogP contribution in [0.1, 0.15) is 6.92 Å². The maximum atomic E-state index is 8.93. The smallest absolute Gasteiger partial charge is 0.195 e. The Kier molecular flexibility index (Phi) is 5.20. The molecule has 0 aliphatic heterocycles. The van der Waals surface area contributed by atoms with Crippen LogP contribution in [-0.2, 0) is 0 Å². The van der Waals surface area contributed by atoms with Gasteiger partial charge in [0.1, 0.15) is 16.5 Å². The number of nitrogens with zero attached hydrogens (tertiary/aromatic N) is 1. The van der Waals surface area contributed by atoms with E-state index in [2.05, 4.69) is 10.3 Å². The summed E-state index contributed by atoms with van der Waals surface area (Å²) in [4.78, 5) is 3.82. The molecule has 0 aliphatic rings. The highest BCUT2D eigenvalue weighted by molar-refractivity contribution is 6.29. The van der Waals surface area contributed by atoms with E-state index in [4.69, 9.17) is 39.0 Å². The molecule has 0 atom stereocenters. The number of guanidine groups is 1. The van der Waals surface area contributed by atoms with Crippen LogP contribution in [0.4, 0.5) is 0 Å². The first-order chi connectivity index (χ1) is 6.84. The number of hydrogen-bond donors (Lipinski definition) is 6. The molecule has 0 aromatic rings. The van der Waals surface area contributed by atoms with E-state index in [1.165, 1.54) is 6.92 Å². The topological polar surface area (TPSA) is 143 Å². The van der Waals surface area contributed by atoms with Crippen LogP contribution in [0.5, 0.6) is 0 Å². The van der Waals surface area contributed by atoms with Crippen molar-refractivity contribution >= 4 is 17.6 Å². The van der Waals surface area contributed by atoms with E-state index in [1.807, 2.05) is 0 Å². The maximum Gasteiger partial charge on any atom is 0.195 e. The van der Waals surface area contributed by atoms with Gasteiger partial charge in [-0.15, -0.1) is 0 Å². The third kappa shape index (κ3) is 4.73. The van der Waals surface area contributed by atoms with Crippen molar-refractivity contribution < 1.29 is 10.2 Å². The first kappa shape index (κ1) is 13.8. The van der Waals surface area contributed by atoms with Gasteiger partial charge in [-0.1, -0.05) is 11.6 Å². The predicted octanol–water partition coefficient (Wildman–Crippen LogP) is -2.08. The molecule has 0 saturated carbocycles. The number of aliphatic hydroxyl groups excluding tert-OH is 2. The van der Waals surface area contributed by atoms with Crippen LogP contribution in [0.2, 0.25) is 0 Å². The molecule has 0 heterocycles. The lowest BCUT2D eigenvalue weighted by Gasteiger charge is -2.20. The van der Waals surface area contributed by atoms with Crippen LogP contribution in [0.25, 0.3) is 0 Å². The van der Waals surface area contributed by atoms with Crippen molar-refractivity contribution in [3.63, 3.8) is 0 Å². The second kappa shape index (κ2) is 5.64. The molecule has 0 unspecified atom stereocenters. The second-order valence-electron chi connectivity index (χ2n) is 3.20. The first-order valence-corrected chi connectivity index (χ1v) is 4.47. The number of hydrogen-bond acceptors (Lipinski definition) is 5. The van der Waals surface area contributed by atoms with Gasteiger partial charge >= 0.3 is 0 Å². The molecule has 0 radical (unpaired) electrons. The summed E-state index contributed by atoms with van der Waals surface area (Å²) in [5.41, 5.74) is 14.9. The number of aliphatic hydroxyl groups is 2. The Morgan fingerprint density at radius 2 is 1.80 bits per heavy atom. The summed E-state index contributed by atoms with van der Waals surface area (Å²) in [6.45, 7) is 0.809. The molecule has 0 aromatic heterocycles. The summed E-state index contributed by atoms with van der Waals surface area (Å²) in [7, 11) is 0. The largest absolute Gasteiger partial charge is 0.394 e. The standard InChI is InChI=1S/C7H16ClN5O2/c1-7(2-14,3-15)13-6(11)12-5(10)4(8)9/h14-15H,2-3,9-10H2,1H3,(H3,11,12,13)/b5-4-. The molecule has 15 heavy (non-hydrogen) atoms. The zero-order valence-electron chi connectivity index (χ0n) is 8.37. The van der Waals surface area contributed by atoms with Gasteiger partial charge in [0, 0.05) is 0 Å². The van der Waals surface area contributed by atoms with Gasteiger partial charge in [0.25, 0.3) is 0 Å². The minimum Gasteiger partial charge on any atom is -0.394 e. The number of nitrogens with two attached hydrogens (primary N) is 3. The zero-order chi connectivity index (χ0) is 12.1. The molecule has 88 valence electrons. The number of halogens is 1. The highest BCUT2D eigenvalue weighted by Crippen LogP contribution is 2.07. The Labute approximate surface area is 92.6 Å². The quantitative estimate of drug-likeness (QED) is 0.188. The fraction of sp³-hybridized carbons (Fsp3) is 0.571. The van der Waals surface area contributed by atoms with Gasteiger partial charge in [-0.2, -0.15) is 0 Å². The normalized spacial score (nSPS) is 14.8. The van der Waals surface area contributed by atoms with E-state index in [9.17, 15) is 0 Å². The highest BCUT2D eigenvalue weighted by atomic mass is 35.5. The van der Waals surface area contributed by atoms with Crippen molar-refractivity contribution in [2.75, 3.05) is 13.2 Å². The fourth-order valence-electron chi connectivity index (χ4n) is 0.637. The van der Waals surface area contributed by atoms with Crippen LogP contribution < -0.4 is 22.5 Å². The molecular formula is C7H16ClN5O2. The summed E-state index contributed by atoms with van der Waals surface area (Å²) < 4.78 is 0. The van der Waals surface area contributed by atoms with Crippen LogP contribution in [-0.4, -0.2) is 34.9 Å². The molecule has 0 bridgehead atoms. The van der Waals surface area contributed by atoms with Gasteiger partial charge in [-0.25, -0.2) is 4.99 Å². The monoisotopic (exact) mass is 237 g/mol. The van der Waals surface area contributed by atoms with Crippen molar-refractivity contribution in [2.24, 2.45) is 22.2 Å². The van der Waals surface area contributed by atoms with E-state index in [1.54, 1.807) is 0 Å². The molecule has 7 nitrogen and oxygen atoms in total. The van der Waals surface area contributed by atoms with Crippen LogP contribution in [0.3, 0.4) is 0 Å². The van der Waals surface area contributed by atoms with Crippen molar-refractivity contribution in [1.29, 1.82) is 0 Å². The summed E-state index contributed by atoms with van der Waals surface area (Å²) >= 11 is 5.37. The van der Waals surface area contributed by atoms with Crippen LogP contribution in [0.15, 0.2) is 16.0 Å². The lowest BCUT2D eigenvalue weighted by molar-refractivity contribution is 0.135. The van der Waals surface area contributed by atoms with Gasteiger partial charge < -0.3 is 32.7 Å². The third-order valence-electron chi connectivity index (χ3n) is 1.59. The first-order valence-electron chi connectivity index (χ1n) is 4.09.